The summed E-state index contributed by atoms with van der Waals surface area (Å²) in [6, 6.07) is 10.6. The van der Waals surface area contributed by atoms with Crippen molar-refractivity contribution in [3.05, 3.63) is 30.3 Å². The minimum Gasteiger partial charge on any atom is -1.00 e. The first-order chi connectivity index (χ1) is 5.43. The molecule has 13 heavy (non-hydrogen) atoms. The summed E-state index contributed by atoms with van der Waals surface area (Å²) >= 11 is 0. The van der Waals surface area contributed by atoms with Gasteiger partial charge in [0, 0.05) is 5.75 Å². The summed E-state index contributed by atoms with van der Waals surface area (Å²) in [5.74, 6) is 0.918. The summed E-state index contributed by atoms with van der Waals surface area (Å²) in [5.41, 5.74) is 0. The molecule has 0 saturated heterocycles. The summed E-state index contributed by atoms with van der Waals surface area (Å²) < 4.78 is 5.42. The van der Waals surface area contributed by atoms with E-state index in [2.05, 4.69) is 13.0 Å². The van der Waals surface area contributed by atoms with Gasteiger partial charge >= 0.3 is 23.1 Å². The molecule has 0 aromatic heterocycles. The maximum Gasteiger partial charge on any atom is 2.00 e. The van der Waals surface area contributed by atoms with Crippen molar-refractivity contribution in [2.75, 3.05) is 6.61 Å². The van der Waals surface area contributed by atoms with Gasteiger partial charge in [0.1, 0.15) is 0 Å². The molecule has 1 rings (SSSR count). The van der Waals surface area contributed by atoms with Gasteiger partial charge in [-0.15, -0.1) is 12.1 Å². The van der Waals surface area contributed by atoms with E-state index in [1.807, 2.05) is 24.3 Å². The average molecular weight is 209 g/mol. The molecule has 0 bridgehead atoms. The largest absolute Gasteiger partial charge is 2.00 e. The summed E-state index contributed by atoms with van der Waals surface area (Å²) in [6.45, 7) is 2.97. The Kier molecular flexibility index (Phi) is 12.1. The Morgan fingerprint density at radius 2 is 2.23 bits per heavy atom. The van der Waals surface area contributed by atoms with Crippen molar-refractivity contribution in [3.63, 3.8) is 0 Å². The molecule has 0 N–H and O–H groups in total. The molecule has 0 aliphatic carbocycles. The SMILES string of the molecule is CCCCOc1c[c-]ccc1.[Cl-].[Mg+2]. The molecule has 0 fully saturated rings. The fourth-order valence-electron chi connectivity index (χ4n) is 0.801. The van der Waals surface area contributed by atoms with Crippen molar-refractivity contribution in [2.45, 2.75) is 19.8 Å². The van der Waals surface area contributed by atoms with Gasteiger partial charge in [-0.3, -0.25) is 0 Å². The number of halogens is 1. The van der Waals surface area contributed by atoms with Gasteiger partial charge < -0.3 is 17.1 Å². The van der Waals surface area contributed by atoms with Crippen LogP contribution in [0.3, 0.4) is 0 Å². The van der Waals surface area contributed by atoms with E-state index in [9.17, 15) is 0 Å². The normalized spacial score (nSPS) is 8.08. The molecule has 0 amide bonds. The van der Waals surface area contributed by atoms with Crippen LogP contribution in [-0.4, -0.2) is 29.7 Å². The number of hydrogen-bond acceptors (Lipinski definition) is 1. The van der Waals surface area contributed by atoms with Crippen molar-refractivity contribution < 1.29 is 17.1 Å². The Balaban J connectivity index is 0. The third kappa shape index (κ3) is 7.17. The standard InChI is InChI=1S/C10H13O.ClH.Mg/c1-2-3-9-11-10-7-5-4-6-8-10;;/h4-5,7-8H,2-3,9H2,1H3;1H;/q-1;;+2/p-1. The van der Waals surface area contributed by atoms with E-state index in [0.717, 1.165) is 18.8 Å². The smallest absolute Gasteiger partial charge is 1.00 e. The average Bonchev–Trinajstić information content (AvgIpc) is 2.07. The number of rotatable bonds is 4. The molecule has 1 aromatic carbocycles. The summed E-state index contributed by atoms with van der Waals surface area (Å²) in [7, 11) is 0. The number of ether oxygens (including phenoxy) is 1. The Bertz CT molecular complexity index is 191. The van der Waals surface area contributed by atoms with Gasteiger partial charge in [0.15, 0.2) is 0 Å². The first-order valence-corrected chi connectivity index (χ1v) is 4.02. The fraction of sp³-hybridized carbons (Fsp3) is 0.400. The Morgan fingerprint density at radius 3 is 2.77 bits per heavy atom. The third-order valence-corrected chi connectivity index (χ3v) is 1.45. The van der Waals surface area contributed by atoms with Crippen molar-refractivity contribution in [3.8, 4) is 5.75 Å². The summed E-state index contributed by atoms with van der Waals surface area (Å²) in [5, 5.41) is 0. The molecule has 3 heteroatoms. The molecule has 0 unspecified atom stereocenters. The maximum atomic E-state index is 5.42. The van der Waals surface area contributed by atoms with Crippen molar-refractivity contribution in [2.24, 2.45) is 0 Å². The first-order valence-electron chi connectivity index (χ1n) is 4.02. The molecular weight excluding hydrogens is 196 g/mol. The molecule has 0 radical (unpaired) electrons. The predicted molar refractivity (Wildman–Crippen MR) is 51.4 cm³/mol. The van der Waals surface area contributed by atoms with E-state index in [4.69, 9.17) is 4.74 Å². The molecule has 0 saturated carbocycles. The third-order valence-electron chi connectivity index (χ3n) is 1.45. The van der Waals surface area contributed by atoms with Crippen LogP contribution in [0, 0.1) is 6.07 Å². The van der Waals surface area contributed by atoms with Crippen LogP contribution in [0.1, 0.15) is 19.8 Å². The van der Waals surface area contributed by atoms with Crippen molar-refractivity contribution in [1.29, 1.82) is 0 Å². The minimum absolute atomic E-state index is 0. The Hall–Kier alpha value is 0.0762. The molecule has 0 atom stereocenters. The molecular formula is C10H13ClMgO. The van der Waals surface area contributed by atoms with Gasteiger partial charge in [0.25, 0.3) is 0 Å². The zero-order valence-corrected chi connectivity index (χ0v) is 10.1. The van der Waals surface area contributed by atoms with Crippen molar-refractivity contribution >= 4 is 23.1 Å². The Morgan fingerprint density at radius 1 is 1.46 bits per heavy atom. The van der Waals surface area contributed by atoms with E-state index in [-0.39, 0.29) is 35.5 Å². The van der Waals surface area contributed by atoms with Crippen LogP contribution in [0.2, 0.25) is 0 Å². The van der Waals surface area contributed by atoms with E-state index in [1.165, 1.54) is 6.42 Å². The van der Waals surface area contributed by atoms with Gasteiger partial charge in [-0.05, 0) is 6.42 Å². The van der Waals surface area contributed by atoms with E-state index < -0.39 is 0 Å². The molecule has 1 aromatic rings. The van der Waals surface area contributed by atoms with E-state index in [1.54, 1.807) is 0 Å². The molecule has 0 heterocycles. The summed E-state index contributed by atoms with van der Waals surface area (Å²) in [6.07, 6.45) is 2.30. The van der Waals surface area contributed by atoms with Crippen LogP contribution in [0.25, 0.3) is 0 Å². The fourth-order valence-corrected chi connectivity index (χ4v) is 0.801. The Labute approximate surface area is 102 Å². The number of unbranched alkanes of at least 4 members (excludes halogenated alkanes) is 1. The number of benzene rings is 1. The monoisotopic (exact) mass is 208 g/mol. The molecule has 68 valence electrons. The van der Waals surface area contributed by atoms with Crippen LogP contribution in [-0.2, 0) is 0 Å². The molecule has 0 aliphatic heterocycles. The van der Waals surface area contributed by atoms with Gasteiger partial charge in [-0.1, -0.05) is 13.3 Å². The van der Waals surface area contributed by atoms with E-state index >= 15 is 0 Å². The second-order valence-electron chi connectivity index (χ2n) is 2.44. The van der Waals surface area contributed by atoms with Crippen LogP contribution in [0.15, 0.2) is 24.3 Å². The van der Waals surface area contributed by atoms with Gasteiger partial charge in [0.2, 0.25) is 0 Å². The van der Waals surface area contributed by atoms with Crippen LogP contribution < -0.4 is 17.1 Å². The second kappa shape index (κ2) is 10.2. The molecule has 0 aliphatic rings. The summed E-state index contributed by atoms with van der Waals surface area (Å²) in [4.78, 5) is 0. The molecule has 1 nitrogen and oxygen atoms in total. The van der Waals surface area contributed by atoms with Crippen LogP contribution >= 0.6 is 0 Å². The minimum atomic E-state index is 0. The number of hydrogen-bond donors (Lipinski definition) is 0. The predicted octanol–water partition coefficient (Wildman–Crippen LogP) is -0.711. The second-order valence-corrected chi connectivity index (χ2v) is 2.44. The topological polar surface area (TPSA) is 9.23 Å². The zero-order chi connectivity index (χ0) is 7.94. The first kappa shape index (κ1) is 15.5. The molecule has 0 spiro atoms. The van der Waals surface area contributed by atoms with Crippen LogP contribution in [0.5, 0.6) is 5.75 Å². The van der Waals surface area contributed by atoms with Crippen molar-refractivity contribution in [1.82, 2.24) is 0 Å². The maximum absolute atomic E-state index is 5.42. The quantitative estimate of drug-likeness (QED) is 0.361. The van der Waals surface area contributed by atoms with Crippen LogP contribution in [0.4, 0.5) is 0 Å². The zero-order valence-electron chi connectivity index (χ0n) is 7.92. The van der Waals surface area contributed by atoms with E-state index in [0.29, 0.717) is 0 Å². The van der Waals surface area contributed by atoms with Gasteiger partial charge in [-0.2, -0.15) is 18.2 Å². The van der Waals surface area contributed by atoms with Gasteiger partial charge in [-0.25, -0.2) is 0 Å². The van der Waals surface area contributed by atoms with Gasteiger partial charge in [0.05, 0.1) is 6.61 Å².